The molecule has 1 N–H and O–H groups in total. The first-order valence-corrected chi connectivity index (χ1v) is 8.81. The zero-order valence-electron chi connectivity index (χ0n) is 14.7. The summed E-state index contributed by atoms with van der Waals surface area (Å²) in [4.78, 5) is 27.3. The highest BCUT2D eigenvalue weighted by atomic mass is 16.5. The van der Waals surface area contributed by atoms with Gasteiger partial charge in [-0.1, -0.05) is 31.2 Å². The minimum absolute atomic E-state index is 0.103. The number of aromatic nitrogens is 1. The fraction of sp³-hybridized carbons (Fsp3) is 0.611. The van der Waals surface area contributed by atoms with Gasteiger partial charge in [0, 0.05) is 12.6 Å². The van der Waals surface area contributed by atoms with Gasteiger partial charge in [-0.15, -0.1) is 0 Å². The Bertz CT molecular complexity index is 740. The summed E-state index contributed by atoms with van der Waals surface area (Å²) in [5, 5.41) is 6.91. The van der Waals surface area contributed by atoms with Gasteiger partial charge >= 0.3 is 0 Å². The molecule has 2 bridgehead atoms. The monoisotopic (exact) mass is 345 g/mol. The Balaban J connectivity index is 1.55. The van der Waals surface area contributed by atoms with Gasteiger partial charge in [0.25, 0.3) is 0 Å². The smallest absolute Gasteiger partial charge is 0.235 e. The fourth-order valence-electron chi connectivity index (χ4n) is 4.07. The maximum atomic E-state index is 13.0. The van der Waals surface area contributed by atoms with Crippen LogP contribution < -0.4 is 10.2 Å². The van der Waals surface area contributed by atoms with Gasteiger partial charge in [0.1, 0.15) is 11.4 Å². The number of carbonyl (C=O) groups excluding carboxylic acids is 2. The summed E-state index contributed by atoms with van der Waals surface area (Å²) in [5.74, 6) is 0.424. The van der Waals surface area contributed by atoms with E-state index in [9.17, 15) is 9.59 Å². The molecular weight excluding hydrogens is 322 g/mol. The number of carbonyl (C=O) groups is 2. The standard InChI is InChI=1S/C18H23N3O4/c1-10(2)5-7-19-16(22)14-12-4-6-18(24-12)9-21(17(23)15(14)18)13-8-11(3)25-20-13/h4,6,8,10,12,14-15H,5,7,9H2,1-3H3,(H,19,22)/t12-,14?,15?,18+/m1/s1. The second kappa shape index (κ2) is 5.69. The number of fused-ring (bicyclic) bond motifs is 1. The summed E-state index contributed by atoms with van der Waals surface area (Å²) in [7, 11) is 0. The highest BCUT2D eigenvalue weighted by molar-refractivity contribution is 6.02. The van der Waals surface area contributed by atoms with Crippen molar-refractivity contribution in [3.05, 3.63) is 24.0 Å². The number of hydrogen-bond acceptors (Lipinski definition) is 5. The van der Waals surface area contributed by atoms with E-state index in [2.05, 4.69) is 24.3 Å². The lowest BCUT2D eigenvalue weighted by molar-refractivity contribution is -0.131. The molecule has 2 unspecified atom stereocenters. The quantitative estimate of drug-likeness (QED) is 0.816. The van der Waals surface area contributed by atoms with Crippen molar-refractivity contribution < 1.29 is 18.8 Å². The van der Waals surface area contributed by atoms with Crippen molar-refractivity contribution in [2.75, 3.05) is 18.0 Å². The second-order valence-corrected chi connectivity index (χ2v) is 7.59. The van der Waals surface area contributed by atoms with Crippen LogP contribution in [0.3, 0.4) is 0 Å². The van der Waals surface area contributed by atoms with E-state index < -0.39 is 17.4 Å². The maximum Gasteiger partial charge on any atom is 0.235 e. The first-order valence-electron chi connectivity index (χ1n) is 8.81. The van der Waals surface area contributed by atoms with Gasteiger partial charge in [-0.05, 0) is 19.3 Å². The zero-order chi connectivity index (χ0) is 17.8. The van der Waals surface area contributed by atoms with Crippen molar-refractivity contribution in [3.8, 4) is 0 Å². The van der Waals surface area contributed by atoms with Crippen LogP contribution in [0, 0.1) is 24.7 Å². The van der Waals surface area contributed by atoms with Gasteiger partial charge < -0.3 is 14.6 Å². The average Bonchev–Trinajstić information content (AvgIpc) is 3.28. The Morgan fingerprint density at radius 3 is 3.00 bits per heavy atom. The SMILES string of the molecule is Cc1cc(N2C[C@]34C=C[C@@H](O3)C(C(=O)NCCC(C)C)C4C2=O)no1. The van der Waals surface area contributed by atoms with Crippen molar-refractivity contribution in [1.82, 2.24) is 10.5 Å². The Kier molecular flexibility index (Phi) is 3.72. The maximum absolute atomic E-state index is 13.0. The van der Waals surface area contributed by atoms with Crippen LogP contribution in [0.4, 0.5) is 5.82 Å². The van der Waals surface area contributed by atoms with E-state index in [-0.39, 0.29) is 17.9 Å². The van der Waals surface area contributed by atoms with Gasteiger partial charge in [-0.3, -0.25) is 14.5 Å². The predicted molar refractivity (Wildman–Crippen MR) is 89.8 cm³/mol. The molecule has 0 aromatic carbocycles. The number of hydrogen-bond donors (Lipinski definition) is 1. The molecule has 7 nitrogen and oxygen atoms in total. The highest BCUT2D eigenvalue weighted by Gasteiger charge is 2.67. The summed E-state index contributed by atoms with van der Waals surface area (Å²) in [6, 6.07) is 1.73. The van der Waals surface area contributed by atoms with E-state index in [1.54, 1.807) is 17.9 Å². The third-order valence-electron chi connectivity index (χ3n) is 5.32. The van der Waals surface area contributed by atoms with Crippen LogP contribution in [0.1, 0.15) is 26.0 Å². The third-order valence-corrected chi connectivity index (χ3v) is 5.32. The molecule has 2 fully saturated rings. The lowest BCUT2D eigenvalue weighted by atomic mass is 9.77. The number of anilines is 1. The largest absolute Gasteiger partial charge is 0.360 e. The zero-order valence-corrected chi connectivity index (χ0v) is 14.7. The van der Waals surface area contributed by atoms with E-state index in [0.717, 1.165) is 6.42 Å². The van der Waals surface area contributed by atoms with Crippen LogP contribution in [0.15, 0.2) is 22.7 Å². The molecule has 2 amide bonds. The summed E-state index contributed by atoms with van der Waals surface area (Å²) >= 11 is 0. The van der Waals surface area contributed by atoms with Gasteiger partial charge in [0.05, 0.1) is 24.5 Å². The third kappa shape index (κ3) is 2.49. The topological polar surface area (TPSA) is 84.7 Å². The minimum Gasteiger partial charge on any atom is -0.360 e. The number of rotatable bonds is 5. The number of nitrogens with one attached hydrogen (secondary N) is 1. The van der Waals surface area contributed by atoms with Gasteiger partial charge in [0.2, 0.25) is 11.8 Å². The van der Waals surface area contributed by atoms with Crippen molar-refractivity contribution in [1.29, 1.82) is 0 Å². The molecule has 3 aliphatic rings. The van der Waals surface area contributed by atoms with Crippen molar-refractivity contribution in [3.63, 3.8) is 0 Å². The molecule has 0 radical (unpaired) electrons. The summed E-state index contributed by atoms with van der Waals surface area (Å²) < 4.78 is 11.2. The van der Waals surface area contributed by atoms with Gasteiger partial charge in [-0.2, -0.15) is 0 Å². The van der Waals surface area contributed by atoms with Crippen LogP contribution in [0.25, 0.3) is 0 Å². The normalized spacial score (nSPS) is 32.7. The Labute approximate surface area is 146 Å². The summed E-state index contributed by atoms with van der Waals surface area (Å²) in [6.45, 7) is 6.99. The van der Waals surface area contributed by atoms with Crippen molar-refractivity contribution >= 4 is 17.6 Å². The molecule has 4 heterocycles. The molecule has 1 aromatic heterocycles. The molecule has 25 heavy (non-hydrogen) atoms. The molecule has 1 aromatic rings. The van der Waals surface area contributed by atoms with E-state index in [1.165, 1.54) is 0 Å². The van der Waals surface area contributed by atoms with E-state index in [1.807, 2.05) is 12.2 Å². The van der Waals surface area contributed by atoms with Crippen molar-refractivity contribution in [2.45, 2.75) is 38.9 Å². The van der Waals surface area contributed by atoms with Gasteiger partial charge in [0.15, 0.2) is 5.82 Å². The number of ether oxygens (including phenoxy) is 1. The molecule has 0 saturated carbocycles. The molecule has 4 rings (SSSR count). The first kappa shape index (κ1) is 16.3. The lowest BCUT2D eigenvalue weighted by Crippen LogP contribution is -2.44. The van der Waals surface area contributed by atoms with Gasteiger partial charge in [-0.25, -0.2) is 0 Å². The number of aryl methyl sites for hydroxylation is 1. The average molecular weight is 345 g/mol. The molecule has 1 spiro atoms. The molecular formula is C18H23N3O4. The number of nitrogens with zero attached hydrogens (tertiary/aromatic N) is 2. The molecule has 2 saturated heterocycles. The molecule has 134 valence electrons. The van der Waals surface area contributed by atoms with E-state index >= 15 is 0 Å². The van der Waals surface area contributed by atoms with E-state index in [4.69, 9.17) is 9.26 Å². The predicted octanol–water partition coefficient (Wildman–Crippen LogP) is 1.43. The van der Waals surface area contributed by atoms with Crippen LogP contribution in [-0.2, 0) is 14.3 Å². The molecule has 7 heteroatoms. The molecule has 4 atom stereocenters. The Morgan fingerprint density at radius 2 is 2.32 bits per heavy atom. The second-order valence-electron chi connectivity index (χ2n) is 7.59. The fourth-order valence-corrected chi connectivity index (χ4v) is 4.07. The van der Waals surface area contributed by atoms with Crippen molar-refractivity contribution in [2.24, 2.45) is 17.8 Å². The first-order chi connectivity index (χ1) is 11.9. The van der Waals surface area contributed by atoms with Crippen LogP contribution in [0.5, 0.6) is 0 Å². The van der Waals surface area contributed by atoms with Crippen LogP contribution in [-0.4, -0.2) is 41.8 Å². The lowest BCUT2D eigenvalue weighted by Gasteiger charge is -2.23. The van der Waals surface area contributed by atoms with Crippen LogP contribution >= 0.6 is 0 Å². The number of amides is 2. The molecule has 3 aliphatic heterocycles. The summed E-state index contributed by atoms with van der Waals surface area (Å²) in [6.07, 6.45) is 4.43. The highest BCUT2D eigenvalue weighted by Crippen LogP contribution is 2.52. The molecule has 0 aliphatic carbocycles. The van der Waals surface area contributed by atoms with E-state index in [0.29, 0.717) is 30.6 Å². The Morgan fingerprint density at radius 1 is 1.52 bits per heavy atom. The summed E-state index contributed by atoms with van der Waals surface area (Å²) in [5.41, 5.74) is -0.728. The van der Waals surface area contributed by atoms with Crippen LogP contribution in [0.2, 0.25) is 0 Å². The minimum atomic E-state index is -0.728. The Hall–Kier alpha value is -2.15.